The van der Waals surface area contributed by atoms with E-state index in [1.165, 1.54) is 4.88 Å². The number of hydrogen-bond acceptors (Lipinski definition) is 3. The maximum atomic E-state index is 12.2. The Balaban J connectivity index is 1.90. The number of carbonyl (C=O) groups excluding carboxylic acids is 1. The number of hydrogen-bond donors (Lipinski definition) is 0. The summed E-state index contributed by atoms with van der Waals surface area (Å²) in [6.07, 6.45) is 3.40. The smallest absolute Gasteiger partial charge is 0.185 e. The van der Waals surface area contributed by atoms with Crippen LogP contribution in [0.25, 0.3) is 16.5 Å². The van der Waals surface area contributed by atoms with E-state index < -0.39 is 0 Å². The van der Waals surface area contributed by atoms with E-state index in [4.69, 9.17) is 4.74 Å². The number of benzene rings is 2. The number of allylic oxidation sites excluding steroid dienone is 1. The highest BCUT2D eigenvalue weighted by atomic mass is 32.1. The first-order valence-corrected chi connectivity index (χ1v) is 8.15. The molecule has 0 saturated heterocycles. The Morgan fingerprint density at radius 2 is 1.87 bits per heavy atom. The third-order valence-electron chi connectivity index (χ3n) is 3.51. The molecule has 1 aromatic heterocycles. The van der Waals surface area contributed by atoms with Crippen molar-refractivity contribution in [1.82, 2.24) is 0 Å². The Labute approximate surface area is 139 Å². The second-order valence-corrected chi connectivity index (χ2v) is 5.95. The van der Waals surface area contributed by atoms with E-state index in [2.05, 4.69) is 6.07 Å². The molecule has 0 aliphatic carbocycles. The molecule has 1 heterocycles. The van der Waals surface area contributed by atoms with Crippen molar-refractivity contribution in [2.75, 3.05) is 7.11 Å². The van der Waals surface area contributed by atoms with Crippen LogP contribution in [0.4, 0.5) is 0 Å². The number of thiophene rings is 1. The minimum Gasteiger partial charge on any atom is -0.496 e. The molecule has 0 atom stereocenters. The van der Waals surface area contributed by atoms with Crippen LogP contribution in [-0.2, 0) is 0 Å². The zero-order valence-electron chi connectivity index (χ0n) is 12.7. The van der Waals surface area contributed by atoms with Gasteiger partial charge in [-0.2, -0.15) is 0 Å². The molecule has 0 aliphatic heterocycles. The largest absolute Gasteiger partial charge is 0.496 e. The highest BCUT2D eigenvalue weighted by molar-refractivity contribution is 7.13. The molecule has 3 aromatic rings. The molecule has 0 fully saturated rings. The molecule has 0 N–H and O–H groups in total. The van der Waals surface area contributed by atoms with Crippen molar-refractivity contribution in [1.29, 1.82) is 0 Å². The van der Waals surface area contributed by atoms with Gasteiger partial charge in [0.15, 0.2) is 5.78 Å². The van der Waals surface area contributed by atoms with Crippen LogP contribution in [0.15, 0.2) is 72.1 Å². The second kappa shape index (κ2) is 7.07. The van der Waals surface area contributed by atoms with Crippen molar-refractivity contribution in [2.45, 2.75) is 0 Å². The summed E-state index contributed by atoms with van der Waals surface area (Å²) in [4.78, 5) is 13.4. The van der Waals surface area contributed by atoms with E-state index >= 15 is 0 Å². The van der Waals surface area contributed by atoms with Crippen LogP contribution in [0, 0.1) is 0 Å². The third-order valence-corrected chi connectivity index (χ3v) is 4.43. The van der Waals surface area contributed by atoms with Crippen LogP contribution >= 0.6 is 11.3 Å². The first-order chi connectivity index (χ1) is 11.3. The molecule has 2 nitrogen and oxygen atoms in total. The average molecular weight is 320 g/mol. The summed E-state index contributed by atoms with van der Waals surface area (Å²) in [5.74, 6) is 0.733. The zero-order valence-corrected chi connectivity index (χ0v) is 13.5. The van der Waals surface area contributed by atoms with Gasteiger partial charge in [0.05, 0.1) is 7.11 Å². The molecule has 23 heavy (non-hydrogen) atoms. The van der Waals surface area contributed by atoms with Gasteiger partial charge in [0.25, 0.3) is 0 Å². The van der Waals surface area contributed by atoms with Gasteiger partial charge >= 0.3 is 0 Å². The highest BCUT2D eigenvalue weighted by Crippen LogP contribution is 2.30. The van der Waals surface area contributed by atoms with Gasteiger partial charge < -0.3 is 4.74 Å². The lowest BCUT2D eigenvalue weighted by Gasteiger charge is -2.07. The number of rotatable bonds is 5. The molecule has 0 aliphatic rings. The van der Waals surface area contributed by atoms with Crippen LogP contribution in [0.2, 0.25) is 0 Å². The lowest BCUT2D eigenvalue weighted by atomic mass is 10.1. The van der Waals surface area contributed by atoms with Gasteiger partial charge in [0, 0.05) is 16.0 Å². The lowest BCUT2D eigenvalue weighted by Crippen LogP contribution is -1.93. The number of methoxy groups -OCH3 is 1. The number of carbonyl (C=O) groups is 1. The Kier molecular flexibility index (Phi) is 4.69. The second-order valence-electron chi connectivity index (χ2n) is 5.00. The summed E-state index contributed by atoms with van der Waals surface area (Å²) in [5, 5.41) is 2.05. The summed E-state index contributed by atoms with van der Waals surface area (Å²) < 4.78 is 5.40. The van der Waals surface area contributed by atoms with E-state index in [0.717, 1.165) is 16.9 Å². The van der Waals surface area contributed by atoms with Crippen molar-refractivity contribution in [3.05, 3.63) is 83.2 Å². The number of ether oxygens (including phenoxy) is 1. The van der Waals surface area contributed by atoms with Crippen LogP contribution in [0.5, 0.6) is 5.75 Å². The fraction of sp³-hybridized carbons (Fsp3) is 0.0500. The van der Waals surface area contributed by atoms with Gasteiger partial charge in [-0.1, -0.05) is 36.4 Å². The predicted molar refractivity (Wildman–Crippen MR) is 96.1 cm³/mol. The molecule has 114 valence electrons. The van der Waals surface area contributed by atoms with E-state index in [1.807, 2.05) is 66.1 Å². The van der Waals surface area contributed by atoms with E-state index in [-0.39, 0.29) is 5.78 Å². The van der Waals surface area contributed by atoms with Crippen LogP contribution in [0.1, 0.15) is 15.9 Å². The Morgan fingerprint density at radius 1 is 1.04 bits per heavy atom. The topological polar surface area (TPSA) is 26.3 Å². The molecule has 0 amide bonds. The number of ketones is 1. The van der Waals surface area contributed by atoms with Crippen molar-refractivity contribution < 1.29 is 9.53 Å². The molecule has 3 rings (SSSR count). The fourth-order valence-corrected chi connectivity index (χ4v) is 3.05. The van der Waals surface area contributed by atoms with Gasteiger partial charge in [0.2, 0.25) is 0 Å². The summed E-state index contributed by atoms with van der Waals surface area (Å²) in [7, 11) is 1.64. The van der Waals surface area contributed by atoms with E-state index in [9.17, 15) is 4.79 Å². The molecule has 0 saturated carbocycles. The monoisotopic (exact) mass is 320 g/mol. The first kappa shape index (κ1) is 15.3. The van der Waals surface area contributed by atoms with Crippen molar-refractivity contribution in [2.24, 2.45) is 0 Å². The molecular formula is C20H16O2S. The van der Waals surface area contributed by atoms with Crippen molar-refractivity contribution in [3.8, 4) is 16.2 Å². The normalized spacial score (nSPS) is 10.8. The molecule has 2 aromatic carbocycles. The van der Waals surface area contributed by atoms with E-state index in [0.29, 0.717) is 5.56 Å². The molecule has 3 heteroatoms. The van der Waals surface area contributed by atoms with Crippen LogP contribution in [-0.4, -0.2) is 12.9 Å². The zero-order chi connectivity index (χ0) is 16.1. The maximum absolute atomic E-state index is 12.2. The SMILES string of the molecule is COc1ccc(-c2cccs2)cc1/C=C/C(=O)c1ccccc1. The molecule has 0 bridgehead atoms. The minimum absolute atomic E-state index is 0.0193. The first-order valence-electron chi connectivity index (χ1n) is 7.27. The summed E-state index contributed by atoms with van der Waals surface area (Å²) in [5.41, 5.74) is 2.69. The van der Waals surface area contributed by atoms with Gasteiger partial charge in [-0.25, -0.2) is 0 Å². The Hall–Kier alpha value is -2.65. The third kappa shape index (κ3) is 3.58. The minimum atomic E-state index is -0.0193. The van der Waals surface area contributed by atoms with Crippen LogP contribution in [0.3, 0.4) is 0 Å². The molecule has 0 radical (unpaired) electrons. The average Bonchev–Trinajstić information content (AvgIpc) is 3.15. The standard InChI is InChI=1S/C20H16O2S/c1-22-19-12-10-17(20-8-5-13-23-20)14-16(19)9-11-18(21)15-6-3-2-4-7-15/h2-14H,1H3/b11-9+. The maximum Gasteiger partial charge on any atom is 0.185 e. The Morgan fingerprint density at radius 3 is 2.57 bits per heavy atom. The quantitative estimate of drug-likeness (QED) is 0.470. The lowest BCUT2D eigenvalue weighted by molar-refractivity contribution is 0.104. The molecule has 0 spiro atoms. The van der Waals surface area contributed by atoms with Gasteiger partial charge in [-0.3, -0.25) is 4.79 Å². The molecular weight excluding hydrogens is 304 g/mol. The van der Waals surface area contributed by atoms with Gasteiger partial charge in [-0.05, 0) is 47.4 Å². The Bertz CT molecular complexity index is 818. The van der Waals surface area contributed by atoms with Crippen molar-refractivity contribution >= 4 is 23.2 Å². The van der Waals surface area contributed by atoms with E-state index in [1.54, 1.807) is 24.5 Å². The molecule has 0 unspecified atom stereocenters. The van der Waals surface area contributed by atoms with Gasteiger partial charge in [-0.15, -0.1) is 11.3 Å². The summed E-state index contributed by atoms with van der Waals surface area (Å²) >= 11 is 1.69. The van der Waals surface area contributed by atoms with Crippen LogP contribution < -0.4 is 4.74 Å². The summed E-state index contributed by atoms with van der Waals surface area (Å²) in [6.45, 7) is 0. The highest BCUT2D eigenvalue weighted by Gasteiger charge is 2.06. The van der Waals surface area contributed by atoms with Gasteiger partial charge in [0.1, 0.15) is 5.75 Å². The summed E-state index contributed by atoms with van der Waals surface area (Å²) in [6, 6.07) is 19.3. The predicted octanol–water partition coefficient (Wildman–Crippen LogP) is 5.32. The van der Waals surface area contributed by atoms with Crippen molar-refractivity contribution in [3.63, 3.8) is 0 Å². The fourth-order valence-electron chi connectivity index (χ4n) is 2.32.